The van der Waals surface area contributed by atoms with E-state index in [-0.39, 0.29) is 0 Å². The first-order valence-corrected chi connectivity index (χ1v) is 6.67. The molecule has 0 aliphatic rings. The highest BCUT2D eigenvalue weighted by molar-refractivity contribution is 6.35. The van der Waals surface area contributed by atoms with E-state index < -0.39 is 0 Å². The molecule has 0 spiro atoms. The third-order valence-corrected chi connectivity index (χ3v) is 3.42. The number of pyridine rings is 1. The summed E-state index contributed by atoms with van der Waals surface area (Å²) >= 11 is 12.0. The number of hydrogen-bond donors (Lipinski definition) is 1. The predicted molar refractivity (Wildman–Crippen MR) is 82.7 cm³/mol. The van der Waals surface area contributed by atoms with Gasteiger partial charge in [-0.2, -0.15) is 0 Å². The van der Waals surface area contributed by atoms with Crippen molar-refractivity contribution in [1.82, 2.24) is 4.98 Å². The van der Waals surface area contributed by atoms with Gasteiger partial charge in [-0.15, -0.1) is 0 Å². The third kappa shape index (κ3) is 2.38. The van der Waals surface area contributed by atoms with Crippen LogP contribution in [0, 0.1) is 0 Å². The van der Waals surface area contributed by atoms with Gasteiger partial charge in [0.1, 0.15) is 5.75 Å². The molecule has 0 aliphatic carbocycles. The van der Waals surface area contributed by atoms with E-state index >= 15 is 0 Å². The first-order valence-electron chi connectivity index (χ1n) is 5.91. The molecule has 3 rings (SSSR count). The Labute approximate surface area is 125 Å². The minimum Gasteiger partial charge on any atom is -0.436 e. The quantitative estimate of drug-likeness (QED) is 0.731. The summed E-state index contributed by atoms with van der Waals surface area (Å²) in [6.45, 7) is 0. The molecule has 0 saturated heterocycles. The van der Waals surface area contributed by atoms with Gasteiger partial charge in [0.2, 0.25) is 5.88 Å². The lowest BCUT2D eigenvalue weighted by molar-refractivity contribution is 0.471. The SMILES string of the molecule is Nc1cc(Cl)cnc1Oc1ccc(Cl)c2ccccc12. The molecule has 3 aromatic rings. The van der Waals surface area contributed by atoms with Crippen LogP contribution in [0.5, 0.6) is 11.6 Å². The smallest absolute Gasteiger partial charge is 0.242 e. The van der Waals surface area contributed by atoms with Gasteiger partial charge in [0.25, 0.3) is 0 Å². The Kier molecular flexibility index (Phi) is 3.38. The fraction of sp³-hybridized carbons (Fsp3) is 0. The van der Waals surface area contributed by atoms with Crippen LogP contribution in [0.4, 0.5) is 5.69 Å². The largest absolute Gasteiger partial charge is 0.436 e. The molecule has 1 aromatic heterocycles. The molecule has 100 valence electrons. The average molecular weight is 305 g/mol. The lowest BCUT2D eigenvalue weighted by atomic mass is 10.1. The van der Waals surface area contributed by atoms with E-state index in [0.29, 0.717) is 27.4 Å². The van der Waals surface area contributed by atoms with E-state index in [0.717, 1.165) is 10.8 Å². The number of halogens is 2. The lowest BCUT2D eigenvalue weighted by Gasteiger charge is -2.10. The zero-order chi connectivity index (χ0) is 14.1. The summed E-state index contributed by atoms with van der Waals surface area (Å²) in [5.41, 5.74) is 6.23. The van der Waals surface area contributed by atoms with Crippen LogP contribution in [0.15, 0.2) is 48.7 Å². The number of nitrogens with zero attached hydrogens (tertiary/aromatic N) is 1. The molecule has 0 atom stereocenters. The standard InChI is InChI=1S/C15H10Cl2N2O/c16-9-7-13(18)15(19-8-9)20-14-6-5-12(17)10-3-1-2-4-11(10)14/h1-8H,18H2. The number of hydrogen-bond acceptors (Lipinski definition) is 3. The molecular formula is C15H10Cl2N2O. The Balaban J connectivity index is 2.09. The van der Waals surface area contributed by atoms with Gasteiger partial charge in [0, 0.05) is 22.0 Å². The molecule has 2 N–H and O–H groups in total. The highest BCUT2D eigenvalue weighted by atomic mass is 35.5. The molecule has 0 saturated carbocycles. The molecule has 3 nitrogen and oxygen atoms in total. The number of nitrogen functional groups attached to an aromatic ring is 1. The van der Waals surface area contributed by atoms with Gasteiger partial charge in [0.05, 0.1) is 10.7 Å². The number of fused-ring (bicyclic) bond motifs is 1. The van der Waals surface area contributed by atoms with Crippen molar-refractivity contribution in [2.24, 2.45) is 0 Å². The van der Waals surface area contributed by atoms with Gasteiger partial charge >= 0.3 is 0 Å². The van der Waals surface area contributed by atoms with Gasteiger partial charge in [-0.25, -0.2) is 4.98 Å². The molecule has 0 fully saturated rings. The fourth-order valence-electron chi connectivity index (χ4n) is 1.96. The molecule has 0 radical (unpaired) electrons. The van der Waals surface area contributed by atoms with Crippen LogP contribution in [0.3, 0.4) is 0 Å². The predicted octanol–water partition coefficient (Wildman–Crippen LogP) is 4.92. The zero-order valence-corrected chi connectivity index (χ0v) is 11.8. The average Bonchev–Trinajstić information content (AvgIpc) is 2.45. The normalized spacial score (nSPS) is 10.7. The highest BCUT2D eigenvalue weighted by Crippen LogP contribution is 2.35. The van der Waals surface area contributed by atoms with Crippen molar-refractivity contribution in [3.63, 3.8) is 0 Å². The van der Waals surface area contributed by atoms with Gasteiger partial charge in [-0.1, -0.05) is 47.5 Å². The highest BCUT2D eigenvalue weighted by Gasteiger charge is 2.09. The maximum Gasteiger partial charge on any atom is 0.242 e. The van der Waals surface area contributed by atoms with Crippen LogP contribution < -0.4 is 10.5 Å². The summed E-state index contributed by atoms with van der Waals surface area (Å²) in [7, 11) is 0. The number of aromatic nitrogens is 1. The molecule has 0 amide bonds. The summed E-state index contributed by atoms with van der Waals surface area (Å²) in [6, 6.07) is 12.9. The van der Waals surface area contributed by atoms with E-state index in [9.17, 15) is 0 Å². The molecule has 0 unspecified atom stereocenters. The molecule has 20 heavy (non-hydrogen) atoms. The summed E-state index contributed by atoms with van der Waals surface area (Å²) in [6.07, 6.45) is 1.49. The molecular weight excluding hydrogens is 295 g/mol. The number of anilines is 1. The second-order valence-electron chi connectivity index (χ2n) is 4.24. The van der Waals surface area contributed by atoms with E-state index in [1.165, 1.54) is 6.20 Å². The lowest BCUT2D eigenvalue weighted by Crippen LogP contribution is -1.95. The Hall–Kier alpha value is -1.97. The number of ether oxygens (including phenoxy) is 1. The fourth-order valence-corrected chi connectivity index (χ4v) is 2.35. The molecule has 5 heteroatoms. The van der Waals surface area contributed by atoms with E-state index in [1.807, 2.05) is 24.3 Å². The minimum absolute atomic E-state index is 0.321. The van der Waals surface area contributed by atoms with Crippen LogP contribution in [0.2, 0.25) is 10.0 Å². The summed E-state index contributed by atoms with van der Waals surface area (Å²) in [5, 5.41) is 2.95. The van der Waals surface area contributed by atoms with Gasteiger partial charge in [-0.05, 0) is 18.2 Å². The van der Waals surface area contributed by atoms with Crippen LogP contribution in [-0.4, -0.2) is 4.98 Å². The minimum atomic E-state index is 0.321. The Bertz CT molecular complexity index is 790. The number of nitrogens with two attached hydrogens (primary N) is 1. The monoisotopic (exact) mass is 304 g/mol. The maximum atomic E-state index is 6.17. The second kappa shape index (κ2) is 5.19. The summed E-state index contributed by atoms with van der Waals surface area (Å²) < 4.78 is 5.78. The Morgan fingerprint density at radius 1 is 1.00 bits per heavy atom. The zero-order valence-electron chi connectivity index (χ0n) is 10.3. The topological polar surface area (TPSA) is 48.1 Å². The molecule has 1 heterocycles. The molecule has 0 bridgehead atoms. The first kappa shape index (κ1) is 13.0. The van der Waals surface area contributed by atoms with Crippen LogP contribution >= 0.6 is 23.2 Å². The Morgan fingerprint density at radius 2 is 1.75 bits per heavy atom. The van der Waals surface area contributed by atoms with Crippen molar-refractivity contribution in [1.29, 1.82) is 0 Å². The Morgan fingerprint density at radius 3 is 2.50 bits per heavy atom. The van der Waals surface area contributed by atoms with Crippen LogP contribution in [-0.2, 0) is 0 Å². The van der Waals surface area contributed by atoms with Crippen LogP contribution in [0.1, 0.15) is 0 Å². The second-order valence-corrected chi connectivity index (χ2v) is 5.08. The van der Waals surface area contributed by atoms with Crippen molar-refractivity contribution < 1.29 is 4.74 Å². The van der Waals surface area contributed by atoms with Crippen molar-refractivity contribution in [2.45, 2.75) is 0 Å². The summed E-state index contributed by atoms with van der Waals surface area (Å²) in [5.74, 6) is 0.966. The van der Waals surface area contributed by atoms with Crippen molar-refractivity contribution >= 4 is 39.7 Å². The van der Waals surface area contributed by atoms with Crippen molar-refractivity contribution in [3.05, 3.63) is 58.7 Å². The maximum absolute atomic E-state index is 6.17. The number of benzene rings is 2. The van der Waals surface area contributed by atoms with E-state index in [4.69, 9.17) is 33.7 Å². The van der Waals surface area contributed by atoms with Gasteiger partial charge in [-0.3, -0.25) is 0 Å². The first-order chi connectivity index (χ1) is 9.65. The van der Waals surface area contributed by atoms with Gasteiger partial charge < -0.3 is 10.5 Å². The van der Waals surface area contributed by atoms with E-state index in [2.05, 4.69) is 4.98 Å². The van der Waals surface area contributed by atoms with Gasteiger partial charge in [0.15, 0.2) is 0 Å². The number of rotatable bonds is 2. The third-order valence-electron chi connectivity index (χ3n) is 2.88. The van der Waals surface area contributed by atoms with Crippen molar-refractivity contribution in [3.8, 4) is 11.6 Å². The van der Waals surface area contributed by atoms with Crippen LogP contribution in [0.25, 0.3) is 10.8 Å². The van der Waals surface area contributed by atoms with E-state index in [1.54, 1.807) is 18.2 Å². The molecule has 0 aliphatic heterocycles. The molecule has 2 aromatic carbocycles. The summed E-state index contributed by atoms with van der Waals surface area (Å²) in [4.78, 5) is 4.09. The van der Waals surface area contributed by atoms with Crippen molar-refractivity contribution in [2.75, 3.05) is 5.73 Å².